The summed E-state index contributed by atoms with van der Waals surface area (Å²) >= 11 is 0. The van der Waals surface area contributed by atoms with Crippen LogP contribution in [0.25, 0.3) is 11.1 Å². The van der Waals surface area contributed by atoms with Gasteiger partial charge < -0.3 is 4.74 Å². The molecule has 0 spiro atoms. The fourth-order valence-electron chi connectivity index (χ4n) is 2.06. The topological polar surface area (TPSA) is 9.23 Å². The highest BCUT2D eigenvalue weighted by Gasteiger charge is 2.05. The van der Waals surface area contributed by atoms with Gasteiger partial charge in [-0.3, -0.25) is 0 Å². The van der Waals surface area contributed by atoms with Crippen LogP contribution in [-0.2, 0) is 6.42 Å². The lowest BCUT2D eigenvalue weighted by Crippen LogP contribution is -1.91. The molecule has 0 N–H and O–H groups in total. The Balaban J connectivity index is 2.46. The van der Waals surface area contributed by atoms with Gasteiger partial charge in [-0.05, 0) is 49.1 Å². The second kappa shape index (κ2) is 6.24. The lowest BCUT2D eigenvalue weighted by molar-refractivity contribution is 0.415. The Kier molecular flexibility index (Phi) is 4.40. The minimum atomic E-state index is 0.903. The molecule has 0 radical (unpaired) electrons. The number of allylic oxidation sites excluding steroid dienone is 2. The molecule has 0 aliphatic heterocycles. The summed E-state index contributed by atoms with van der Waals surface area (Å²) in [6.07, 6.45) is 3.21. The predicted molar refractivity (Wildman–Crippen MR) is 81.6 cm³/mol. The molecule has 0 amide bonds. The number of methoxy groups -OCH3 is 1. The van der Waals surface area contributed by atoms with Crippen molar-refractivity contribution in [2.24, 2.45) is 0 Å². The van der Waals surface area contributed by atoms with E-state index in [0.717, 1.165) is 12.2 Å². The summed E-state index contributed by atoms with van der Waals surface area (Å²) in [4.78, 5) is 0. The van der Waals surface area contributed by atoms with Gasteiger partial charge in [-0.25, -0.2) is 0 Å². The van der Waals surface area contributed by atoms with Crippen LogP contribution in [0.2, 0.25) is 0 Å². The summed E-state index contributed by atoms with van der Waals surface area (Å²) in [6.45, 7) is 4.26. The van der Waals surface area contributed by atoms with Gasteiger partial charge in [0.25, 0.3) is 0 Å². The maximum Gasteiger partial charge on any atom is 0.119 e. The fourth-order valence-corrected chi connectivity index (χ4v) is 2.06. The van der Waals surface area contributed by atoms with E-state index in [-0.39, 0.29) is 0 Å². The molecule has 1 nitrogen and oxygen atoms in total. The summed E-state index contributed by atoms with van der Waals surface area (Å²) in [5.74, 6) is 0.903. The van der Waals surface area contributed by atoms with E-state index in [2.05, 4.69) is 56.3 Å². The quantitative estimate of drug-likeness (QED) is 0.705. The smallest absolute Gasteiger partial charge is 0.119 e. The van der Waals surface area contributed by atoms with Crippen LogP contribution in [-0.4, -0.2) is 7.11 Å². The third-order valence-corrected chi connectivity index (χ3v) is 3.13. The molecule has 1 heteroatoms. The van der Waals surface area contributed by atoms with Gasteiger partial charge in [-0.2, -0.15) is 0 Å². The average Bonchev–Trinajstić information content (AvgIpc) is 2.46. The zero-order valence-electron chi connectivity index (χ0n) is 11.8. The van der Waals surface area contributed by atoms with Gasteiger partial charge in [-0.15, -0.1) is 0 Å². The molecule has 2 aromatic carbocycles. The monoisotopic (exact) mass is 252 g/mol. The third kappa shape index (κ3) is 3.47. The molecule has 0 aliphatic carbocycles. The summed E-state index contributed by atoms with van der Waals surface area (Å²) in [5.41, 5.74) is 5.15. The molecule has 19 heavy (non-hydrogen) atoms. The summed E-state index contributed by atoms with van der Waals surface area (Å²) in [7, 11) is 1.71. The SMILES string of the molecule is COc1ccc(CC=C(C)C)c(-c2ccccc2)c1. The van der Waals surface area contributed by atoms with E-state index in [9.17, 15) is 0 Å². The van der Waals surface area contributed by atoms with Crippen LogP contribution in [0.1, 0.15) is 19.4 Å². The average molecular weight is 252 g/mol. The normalized spacial score (nSPS) is 10.1. The van der Waals surface area contributed by atoms with Gasteiger partial charge in [0.2, 0.25) is 0 Å². The Morgan fingerprint density at radius 3 is 2.42 bits per heavy atom. The second-order valence-electron chi connectivity index (χ2n) is 4.87. The summed E-state index contributed by atoms with van der Waals surface area (Å²) in [6, 6.07) is 16.8. The standard InChI is InChI=1S/C18H20O/c1-14(2)9-10-16-11-12-17(19-3)13-18(16)15-7-5-4-6-8-15/h4-9,11-13H,10H2,1-3H3. The number of ether oxygens (including phenoxy) is 1. The molecule has 2 aromatic rings. The van der Waals surface area contributed by atoms with E-state index in [1.807, 2.05) is 12.1 Å². The van der Waals surface area contributed by atoms with Crippen LogP contribution in [0, 0.1) is 0 Å². The Bertz CT molecular complexity index is 563. The zero-order chi connectivity index (χ0) is 13.7. The van der Waals surface area contributed by atoms with Crippen LogP contribution in [0.15, 0.2) is 60.2 Å². The molecule has 0 saturated carbocycles. The number of hydrogen-bond acceptors (Lipinski definition) is 1. The fraction of sp³-hybridized carbons (Fsp3) is 0.222. The first-order chi connectivity index (χ1) is 9.20. The Morgan fingerprint density at radius 2 is 1.79 bits per heavy atom. The first-order valence-corrected chi connectivity index (χ1v) is 6.56. The lowest BCUT2D eigenvalue weighted by Gasteiger charge is -2.11. The Morgan fingerprint density at radius 1 is 1.05 bits per heavy atom. The number of rotatable bonds is 4. The van der Waals surface area contributed by atoms with Gasteiger partial charge >= 0.3 is 0 Å². The first-order valence-electron chi connectivity index (χ1n) is 6.56. The van der Waals surface area contributed by atoms with Gasteiger partial charge in [0.05, 0.1) is 7.11 Å². The predicted octanol–water partition coefficient (Wildman–Crippen LogP) is 4.87. The zero-order valence-corrected chi connectivity index (χ0v) is 11.8. The maximum atomic E-state index is 5.34. The molecule has 2 rings (SSSR count). The van der Waals surface area contributed by atoms with Gasteiger partial charge in [0.1, 0.15) is 5.75 Å². The Hall–Kier alpha value is -2.02. The molecule has 98 valence electrons. The van der Waals surface area contributed by atoms with Crippen molar-refractivity contribution in [1.82, 2.24) is 0 Å². The van der Waals surface area contributed by atoms with Crippen LogP contribution >= 0.6 is 0 Å². The summed E-state index contributed by atoms with van der Waals surface area (Å²) < 4.78 is 5.34. The van der Waals surface area contributed by atoms with Crippen molar-refractivity contribution in [2.45, 2.75) is 20.3 Å². The number of benzene rings is 2. The maximum absolute atomic E-state index is 5.34. The molecule has 0 unspecified atom stereocenters. The van der Waals surface area contributed by atoms with E-state index >= 15 is 0 Å². The van der Waals surface area contributed by atoms with E-state index in [1.54, 1.807) is 7.11 Å². The molecule has 0 atom stereocenters. The van der Waals surface area contributed by atoms with Crippen LogP contribution < -0.4 is 4.74 Å². The van der Waals surface area contributed by atoms with Crippen LogP contribution in [0.3, 0.4) is 0 Å². The minimum Gasteiger partial charge on any atom is -0.497 e. The second-order valence-corrected chi connectivity index (χ2v) is 4.87. The molecule has 0 aromatic heterocycles. The van der Waals surface area contributed by atoms with Crippen molar-refractivity contribution in [2.75, 3.05) is 7.11 Å². The van der Waals surface area contributed by atoms with Crippen molar-refractivity contribution in [3.63, 3.8) is 0 Å². The lowest BCUT2D eigenvalue weighted by atomic mass is 9.97. The van der Waals surface area contributed by atoms with Crippen molar-refractivity contribution in [3.8, 4) is 16.9 Å². The van der Waals surface area contributed by atoms with E-state index in [0.29, 0.717) is 0 Å². The molecule has 0 saturated heterocycles. The van der Waals surface area contributed by atoms with Gasteiger partial charge in [-0.1, -0.05) is 48.0 Å². The molecule has 0 fully saturated rings. The van der Waals surface area contributed by atoms with Crippen molar-refractivity contribution in [1.29, 1.82) is 0 Å². The molecule has 0 aliphatic rings. The van der Waals surface area contributed by atoms with Crippen LogP contribution in [0.5, 0.6) is 5.75 Å². The van der Waals surface area contributed by atoms with Crippen molar-refractivity contribution < 1.29 is 4.74 Å². The molecular weight excluding hydrogens is 232 g/mol. The molecule has 0 bridgehead atoms. The highest BCUT2D eigenvalue weighted by atomic mass is 16.5. The Labute approximate surface area is 115 Å². The molecular formula is C18H20O. The van der Waals surface area contributed by atoms with Gasteiger partial charge in [0.15, 0.2) is 0 Å². The highest BCUT2D eigenvalue weighted by Crippen LogP contribution is 2.28. The van der Waals surface area contributed by atoms with Crippen molar-refractivity contribution >= 4 is 0 Å². The van der Waals surface area contributed by atoms with E-state index < -0.39 is 0 Å². The van der Waals surface area contributed by atoms with Crippen LogP contribution in [0.4, 0.5) is 0 Å². The third-order valence-electron chi connectivity index (χ3n) is 3.13. The number of hydrogen-bond donors (Lipinski definition) is 0. The summed E-state index contributed by atoms with van der Waals surface area (Å²) in [5, 5.41) is 0. The van der Waals surface area contributed by atoms with E-state index in [1.165, 1.54) is 22.3 Å². The van der Waals surface area contributed by atoms with Gasteiger partial charge in [0, 0.05) is 0 Å². The first kappa shape index (κ1) is 13.4. The highest BCUT2D eigenvalue weighted by molar-refractivity contribution is 5.69. The largest absolute Gasteiger partial charge is 0.497 e. The van der Waals surface area contributed by atoms with Crippen molar-refractivity contribution in [3.05, 3.63) is 65.7 Å². The molecule has 0 heterocycles. The minimum absolute atomic E-state index is 0.903. The van der Waals surface area contributed by atoms with E-state index in [4.69, 9.17) is 4.74 Å².